The lowest BCUT2D eigenvalue weighted by molar-refractivity contribution is 0.409. The van der Waals surface area contributed by atoms with Crippen molar-refractivity contribution >= 4 is 5.65 Å². The van der Waals surface area contributed by atoms with Gasteiger partial charge in [-0.3, -0.25) is 4.98 Å². The lowest BCUT2D eigenvalue weighted by Crippen LogP contribution is -2.14. The maximum absolute atomic E-state index is 9.90. The molecule has 5 aromatic rings. The molecule has 5 heterocycles. The van der Waals surface area contributed by atoms with E-state index in [0.29, 0.717) is 28.8 Å². The number of furan rings is 1. The van der Waals surface area contributed by atoms with E-state index in [9.17, 15) is 5.11 Å². The SMILES string of the molecule is Oc1ccc2c(c1)Oc1ncn3nc(-c4ccccn4)nc3c1[C@@H]2c1ccco1. The molecular formula is C21H13N5O3. The molecule has 0 saturated carbocycles. The number of aromatic nitrogens is 5. The zero-order valence-electron chi connectivity index (χ0n) is 14.9. The number of fused-ring (bicyclic) bond motifs is 4. The molecule has 6 rings (SSSR count). The molecule has 1 atom stereocenters. The van der Waals surface area contributed by atoms with Gasteiger partial charge in [-0.15, -0.1) is 5.10 Å². The maximum atomic E-state index is 9.90. The number of aromatic hydroxyl groups is 1. The van der Waals surface area contributed by atoms with Crippen molar-refractivity contribution in [2.75, 3.05) is 0 Å². The second kappa shape index (κ2) is 5.90. The van der Waals surface area contributed by atoms with E-state index in [1.807, 2.05) is 36.4 Å². The van der Waals surface area contributed by atoms with Gasteiger partial charge in [0.25, 0.3) is 0 Å². The van der Waals surface area contributed by atoms with Gasteiger partial charge in [0.1, 0.15) is 29.3 Å². The molecule has 0 radical (unpaired) electrons. The van der Waals surface area contributed by atoms with Gasteiger partial charge in [-0.05, 0) is 30.3 Å². The molecule has 0 aliphatic carbocycles. The average molecular weight is 383 g/mol. The van der Waals surface area contributed by atoms with Crippen LogP contribution in [-0.2, 0) is 0 Å². The number of hydrogen-bond donors (Lipinski definition) is 1. The summed E-state index contributed by atoms with van der Waals surface area (Å²) >= 11 is 0. The molecular weight excluding hydrogens is 370 g/mol. The van der Waals surface area contributed by atoms with Crippen LogP contribution in [0, 0.1) is 0 Å². The first-order chi connectivity index (χ1) is 14.3. The fourth-order valence-corrected chi connectivity index (χ4v) is 3.66. The third-order valence-corrected chi connectivity index (χ3v) is 4.91. The normalized spacial score (nSPS) is 15.0. The van der Waals surface area contributed by atoms with Crippen LogP contribution in [0.1, 0.15) is 22.8 Å². The van der Waals surface area contributed by atoms with Crippen LogP contribution in [0.5, 0.6) is 17.4 Å². The second-order valence-corrected chi connectivity index (χ2v) is 6.65. The van der Waals surface area contributed by atoms with E-state index < -0.39 is 0 Å². The van der Waals surface area contributed by atoms with Crippen LogP contribution in [0.4, 0.5) is 0 Å². The van der Waals surface area contributed by atoms with E-state index >= 15 is 0 Å². The molecule has 0 fully saturated rings. The lowest BCUT2D eigenvalue weighted by Gasteiger charge is -2.26. The van der Waals surface area contributed by atoms with Gasteiger partial charge >= 0.3 is 0 Å². The summed E-state index contributed by atoms with van der Waals surface area (Å²) in [5.74, 6) is 1.96. The Kier molecular flexibility index (Phi) is 3.22. The van der Waals surface area contributed by atoms with Crippen LogP contribution >= 0.6 is 0 Å². The zero-order chi connectivity index (χ0) is 19.4. The predicted octanol–water partition coefficient (Wildman–Crippen LogP) is 3.77. The quantitative estimate of drug-likeness (QED) is 0.486. The Morgan fingerprint density at radius 1 is 1.03 bits per heavy atom. The van der Waals surface area contributed by atoms with Crippen molar-refractivity contribution in [3.63, 3.8) is 0 Å². The van der Waals surface area contributed by atoms with Gasteiger partial charge in [0, 0.05) is 17.8 Å². The first-order valence-electron chi connectivity index (χ1n) is 8.99. The van der Waals surface area contributed by atoms with Gasteiger partial charge < -0.3 is 14.3 Å². The summed E-state index contributed by atoms with van der Waals surface area (Å²) in [5, 5.41) is 14.4. The summed E-state index contributed by atoms with van der Waals surface area (Å²) < 4.78 is 13.4. The molecule has 1 aliphatic heterocycles. The van der Waals surface area contributed by atoms with Crippen molar-refractivity contribution < 1.29 is 14.3 Å². The second-order valence-electron chi connectivity index (χ2n) is 6.65. The van der Waals surface area contributed by atoms with E-state index in [1.54, 1.807) is 35.4 Å². The molecule has 0 amide bonds. The highest BCUT2D eigenvalue weighted by Gasteiger charge is 2.35. The standard InChI is InChI=1S/C21H13N5O3/c27-12-6-7-13-16(10-12)29-21-18(17(13)15-5-3-9-28-15)20-24-19(25-26(20)11-23-21)14-4-1-2-8-22-14/h1-11,17,27H/t17-/m0/s1. The Morgan fingerprint density at radius 2 is 2.00 bits per heavy atom. The van der Waals surface area contributed by atoms with Gasteiger partial charge in [-0.2, -0.15) is 0 Å². The number of ether oxygens (including phenoxy) is 1. The van der Waals surface area contributed by atoms with Crippen LogP contribution in [0.25, 0.3) is 17.2 Å². The maximum Gasteiger partial charge on any atom is 0.228 e. The Hall–Kier alpha value is -4.20. The van der Waals surface area contributed by atoms with Crippen molar-refractivity contribution in [2.24, 2.45) is 0 Å². The Morgan fingerprint density at radius 3 is 2.83 bits per heavy atom. The molecule has 0 bridgehead atoms. The van der Waals surface area contributed by atoms with E-state index in [0.717, 1.165) is 16.9 Å². The molecule has 1 aromatic carbocycles. The number of benzene rings is 1. The van der Waals surface area contributed by atoms with E-state index in [2.05, 4.69) is 15.1 Å². The average Bonchev–Trinajstić information content (AvgIpc) is 3.42. The van der Waals surface area contributed by atoms with Crippen molar-refractivity contribution in [3.8, 4) is 28.9 Å². The lowest BCUT2D eigenvalue weighted by atomic mass is 9.87. The predicted molar refractivity (Wildman–Crippen MR) is 102 cm³/mol. The number of pyridine rings is 1. The van der Waals surface area contributed by atoms with Crippen molar-refractivity contribution in [1.29, 1.82) is 0 Å². The molecule has 4 aromatic heterocycles. The first kappa shape index (κ1) is 15.8. The van der Waals surface area contributed by atoms with Crippen molar-refractivity contribution in [1.82, 2.24) is 24.6 Å². The monoisotopic (exact) mass is 383 g/mol. The minimum absolute atomic E-state index is 0.117. The van der Waals surface area contributed by atoms with Crippen molar-refractivity contribution in [3.05, 3.63) is 84.2 Å². The van der Waals surface area contributed by atoms with E-state index in [4.69, 9.17) is 14.1 Å². The van der Waals surface area contributed by atoms with E-state index in [1.165, 1.54) is 0 Å². The van der Waals surface area contributed by atoms with Crippen LogP contribution < -0.4 is 4.74 Å². The summed E-state index contributed by atoms with van der Waals surface area (Å²) in [4.78, 5) is 13.5. The first-order valence-corrected chi connectivity index (χ1v) is 8.99. The molecule has 0 unspecified atom stereocenters. The fourth-order valence-electron chi connectivity index (χ4n) is 3.66. The molecule has 0 spiro atoms. The highest BCUT2D eigenvalue weighted by Crippen LogP contribution is 2.48. The number of hydrogen-bond acceptors (Lipinski definition) is 7. The number of phenols is 1. The Balaban J connectivity index is 1.63. The molecule has 29 heavy (non-hydrogen) atoms. The van der Waals surface area contributed by atoms with Gasteiger partial charge in [-0.25, -0.2) is 14.5 Å². The number of nitrogens with zero attached hydrogens (tertiary/aromatic N) is 5. The van der Waals surface area contributed by atoms with E-state index in [-0.39, 0.29) is 11.7 Å². The fraction of sp³-hybridized carbons (Fsp3) is 0.0476. The molecule has 1 N–H and O–H groups in total. The van der Waals surface area contributed by atoms with Crippen LogP contribution in [0.3, 0.4) is 0 Å². The highest BCUT2D eigenvalue weighted by molar-refractivity contribution is 5.67. The zero-order valence-corrected chi connectivity index (χ0v) is 14.9. The molecule has 140 valence electrons. The number of rotatable bonds is 2. The molecule has 8 heteroatoms. The summed E-state index contributed by atoms with van der Waals surface area (Å²) in [7, 11) is 0. The third kappa shape index (κ3) is 2.39. The summed E-state index contributed by atoms with van der Waals surface area (Å²) in [6.45, 7) is 0. The summed E-state index contributed by atoms with van der Waals surface area (Å²) in [6.07, 6.45) is 4.88. The Bertz CT molecular complexity index is 1350. The van der Waals surface area contributed by atoms with Gasteiger partial charge in [0.2, 0.25) is 11.7 Å². The molecule has 1 aliphatic rings. The van der Waals surface area contributed by atoms with Crippen LogP contribution in [0.15, 0.2) is 71.7 Å². The van der Waals surface area contributed by atoms with Gasteiger partial charge in [0.05, 0.1) is 17.7 Å². The Labute approximate surface area is 164 Å². The summed E-state index contributed by atoms with van der Waals surface area (Å²) in [6, 6.07) is 14.3. The largest absolute Gasteiger partial charge is 0.508 e. The summed E-state index contributed by atoms with van der Waals surface area (Å²) in [5.41, 5.74) is 2.87. The third-order valence-electron chi connectivity index (χ3n) is 4.91. The molecule has 8 nitrogen and oxygen atoms in total. The highest BCUT2D eigenvalue weighted by atomic mass is 16.5. The van der Waals surface area contributed by atoms with Gasteiger partial charge in [-0.1, -0.05) is 12.1 Å². The minimum Gasteiger partial charge on any atom is -0.508 e. The van der Waals surface area contributed by atoms with Crippen LogP contribution in [0.2, 0.25) is 0 Å². The minimum atomic E-state index is -0.304. The number of phenolic OH excluding ortho intramolecular Hbond substituents is 1. The molecule has 0 saturated heterocycles. The smallest absolute Gasteiger partial charge is 0.228 e. The topological polar surface area (TPSA) is 98.6 Å². The van der Waals surface area contributed by atoms with Crippen LogP contribution in [-0.4, -0.2) is 29.7 Å². The van der Waals surface area contributed by atoms with Gasteiger partial charge in [0.15, 0.2) is 5.65 Å². The van der Waals surface area contributed by atoms with Crippen molar-refractivity contribution in [2.45, 2.75) is 5.92 Å².